The van der Waals surface area contributed by atoms with Crippen molar-refractivity contribution < 1.29 is 14.3 Å². The van der Waals surface area contributed by atoms with E-state index in [1.165, 1.54) is 56.1 Å². The summed E-state index contributed by atoms with van der Waals surface area (Å²) in [5, 5.41) is 0. The van der Waals surface area contributed by atoms with Gasteiger partial charge in [0.15, 0.2) is 0 Å². The predicted molar refractivity (Wildman–Crippen MR) is 132 cm³/mol. The standard InChI is InChI=1S/C29H40O3/c1-3-5-7-9-10-12-26-22-28(32-29(26)30)25-15-13-23(14-16-25)24-17-19-27(20-18-24)31-21-11-8-6-4-2/h13-20,26,28H,3-12,21-22H2,1-2H3. The van der Waals surface area contributed by atoms with E-state index in [0.717, 1.165) is 43.6 Å². The molecular formula is C29H40O3. The Kier molecular flexibility index (Phi) is 10.1. The zero-order valence-corrected chi connectivity index (χ0v) is 20.0. The van der Waals surface area contributed by atoms with E-state index in [0.29, 0.717) is 0 Å². The lowest BCUT2D eigenvalue weighted by Crippen LogP contribution is -2.06. The zero-order chi connectivity index (χ0) is 22.6. The number of carbonyl (C=O) groups excluding carboxylic acids is 1. The molecule has 3 heteroatoms. The smallest absolute Gasteiger partial charge is 0.309 e. The number of ether oxygens (including phenoxy) is 2. The molecule has 0 amide bonds. The number of unbranched alkanes of at least 4 members (excludes halogenated alkanes) is 7. The first-order valence-electron chi connectivity index (χ1n) is 12.7. The quantitative estimate of drug-likeness (QED) is 0.221. The van der Waals surface area contributed by atoms with Gasteiger partial charge in [0.2, 0.25) is 0 Å². The topological polar surface area (TPSA) is 35.5 Å². The van der Waals surface area contributed by atoms with E-state index in [-0.39, 0.29) is 18.0 Å². The van der Waals surface area contributed by atoms with Crippen molar-refractivity contribution in [2.24, 2.45) is 5.92 Å². The van der Waals surface area contributed by atoms with Crippen molar-refractivity contribution in [2.45, 2.75) is 90.6 Å². The van der Waals surface area contributed by atoms with Crippen LogP contribution in [0.25, 0.3) is 11.1 Å². The van der Waals surface area contributed by atoms with Gasteiger partial charge in [-0.15, -0.1) is 0 Å². The Morgan fingerprint density at radius 1 is 0.781 bits per heavy atom. The van der Waals surface area contributed by atoms with E-state index < -0.39 is 0 Å². The second-order valence-corrected chi connectivity index (χ2v) is 9.12. The van der Waals surface area contributed by atoms with Crippen molar-refractivity contribution in [3.8, 4) is 16.9 Å². The third-order valence-electron chi connectivity index (χ3n) is 6.48. The summed E-state index contributed by atoms with van der Waals surface area (Å²) in [5.74, 6) is 0.983. The van der Waals surface area contributed by atoms with Crippen LogP contribution in [-0.4, -0.2) is 12.6 Å². The molecule has 0 bridgehead atoms. The molecule has 1 aliphatic heterocycles. The molecule has 1 heterocycles. The van der Waals surface area contributed by atoms with Gasteiger partial charge in [0.1, 0.15) is 11.9 Å². The highest BCUT2D eigenvalue weighted by molar-refractivity contribution is 5.75. The van der Waals surface area contributed by atoms with Gasteiger partial charge in [0.05, 0.1) is 12.5 Å². The molecule has 0 aliphatic carbocycles. The average Bonchev–Trinajstić information content (AvgIpc) is 3.20. The van der Waals surface area contributed by atoms with E-state index in [1.54, 1.807) is 0 Å². The lowest BCUT2D eigenvalue weighted by Gasteiger charge is -2.11. The van der Waals surface area contributed by atoms with Gasteiger partial charge in [-0.1, -0.05) is 102 Å². The summed E-state index contributed by atoms with van der Waals surface area (Å²) in [6, 6.07) is 16.8. The number of hydrogen-bond donors (Lipinski definition) is 0. The number of esters is 1. The summed E-state index contributed by atoms with van der Waals surface area (Å²) in [5.41, 5.74) is 3.44. The van der Waals surface area contributed by atoms with Crippen molar-refractivity contribution in [3.05, 3.63) is 54.1 Å². The molecule has 0 aromatic heterocycles. The summed E-state index contributed by atoms with van der Waals surface area (Å²) in [6.07, 6.45) is 12.7. The Morgan fingerprint density at radius 3 is 2.03 bits per heavy atom. The minimum atomic E-state index is -0.0966. The molecule has 0 N–H and O–H groups in total. The average molecular weight is 437 g/mol. The van der Waals surface area contributed by atoms with Crippen LogP contribution in [0.5, 0.6) is 5.75 Å². The van der Waals surface area contributed by atoms with Crippen molar-refractivity contribution in [3.63, 3.8) is 0 Å². The van der Waals surface area contributed by atoms with Crippen LogP contribution in [0.1, 0.15) is 96.1 Å². The van der Waals surface area contributed by atoms with Crippen LogP contribution in [0.3, 0.4) is 0 Å². The molecule has 2 aromatic carbocycles. The molecule has 2 unspecified atom stereocenters. The molecule has 174 valence electrons. The maximum Gasteiger partial charge on any atom is 0.309 e. The van der Waals surface area contributed by atoms with Crippen LogP contribution in [0.15, 0.2) is 48.5 Å². The minimum absolute atomic E-state index is 0.0140. The van der Waals surface area contributed by atoms with Gasteiger partial charge in [-0.05, 0) is 41.7 Å². The number of hydrogen-bond acceptors (Lipinski definition) is 3. The van der Waals surface area contributed by atoms with Crippen LogP contribution >= 0.6 is 0 Å². The molecule has 2 atom stereocenters. The fourth-order valence-corrected chi connectivity index (χ4v) is 4.43. The van der Waals surface area contributed by atoms with E-state index in [4.69, 9.17) is 9.47 Å². The SMILES string of the molecule is CCCCCCCC1CC(c2ccc(-c3ccc(OCCCCCC)cc3)cc2)OC1=O. The maximum absolute atomic E-state index is 12.3. The third kappa shape index (κ3) is 7.39. The van der Waals surface area contributed by atoms with Crippen LogP contribution < -0.4 is 4.74 Å². The molecule has 0 spiro atoms. The first kappa shape index (κ1) is 24.4. The summed E-state index contributed by atoms with van der Waals surface area (Å²) >= 11 is 0. The van der Waals surface area contributed by atoms with Crippen molar-refractivity contribution >= 4 is 5.97 Å². The molecule has 1 saturated heterocycles. The van der Waals surface area contributed by atoms with Gasteiger partial charge in [-0.25, -0.2) is 0 Å². The molecule has 32 heavy (non-hydrogen) atoms. The first-order chi connectivity index (χ1) is 15.7. The Labute approximate surface area is 194 Å². The number of carbonyl (C=O) groups is 1. The van der Waals surface area contributed by atoms with E-state index in [1.807, 2.05) is 12.1 Å². The number of cyclic esters (lactones) is 1. The maximum atomic E-state index is 12.3. The monoisotopic (exact) mass is 436 g/mol. The molecule has 1 fully saturated rings. The highest BCUT2D eigenvalue weighted by Crippen LogP contribution is 2.36. The van der Waals surface area contributed by atoms with Gasteiger partial charge in [0.25, 0.3) is 0 Å². The molecule has 2 aromatic rings. The van der Waals surface area contributed by atoms with Crippen LogP contribution in [-0.2, 0) is 9.53 Å². The molecular weight excluding hydrogens is 396 g/mol. The van der Waals surface area contributed by atoms with Crippen molar-refractivity contribution in [1.29, 1.82) is 0 Å². The fraction of sp³-hybridized carbons (Fsp3) is 0.552. The molecule has 1 aliphatic rings. The van der Waals surface area contributed by atoms with Crippen LogP contribution in [0.2, 0.25) is 0 Å². The van der Waals surface area contributed by atoms with Gasteiger partial charge in [-0.3, -0.25) is 4.79 Å². The Bertz CT molecular complexity index is 794. The summed E-state index contributed by atoms with van der Waals surface area (Å²) in [4.78, 5) is 12.3. The number of benzene rings is 2. The Morgan fingerprint density at radius 2 is 1.38 bits per heavy atom. The van der Waals surface area contributed by atoms with E-state index >= 15 is 0 Å². The second kappa shape index (κ2) is 13.3. The molecule has 3 nitrogen and oxygen atoms in total. The normalized spacial score (nSPS) is 18.0. The largest absolute Gasteiger partial charge is 0.494 e. The summed E-state index contributed by atoms with van der Waals surface area (Å²) < 4.78 is 11.6. The summed E-state index contributed by atoms with van der Waals surface area (Å²) in [7, 11) is 0. The third-order valence-corrected chi connectivity index (χ3v) is 6.48. The molecule has 3 rings (SSSR count). The zero-order valence-electron chi connectivity index (χ0n) is 20.0. The minimum Gasteiger partial charge on any atom is -0.494 e. The van der Waals surface area contributed by atoms with Crippen LogP contribution in [0, 0.1) is 5.92 Å². The van der Waals surface area contributed by atoms with Gasteiger partial charge in [-0.2, -0.15) is 0 Å². The fourth-order valence-electron chi connectivity index (χ4n) is 4.43. The Balaban J connectivity index is 1.48. The van der Waals surface area contributed by atoms with Gasteiger partial charge < -0.3 is 9.47 Å². The number of rotatable bonds is 14. The van der Waals surface area contributed by atoms with E-state index in [9.17, 15) is 4.79 Å². The highest BCUT2D eigenvalue weighted by atomic mass is 16.6. The molecule has 0 saturated carbocycles. The summed E-state index contributed by atoms with van der Waals surface area (Å²) in [6.45, 7) is 5.23. The lowest BCUT2D eigenvalue weighted by atomic mass is 9.94. The van der Waals surface area contributed by atoms with Gasteiger partial charge in [0, 0.05) is 6.42 Å². The molecule has 0 radical (unpaired) electrons. The second-order valence-electron chi connectivity index (χ2n) is 9.12. The Hall–Kier alpha value is -2.29. The predicted octanol–water partition coefficient (Wildman–Crippen LogP) is 8.28. The first-order valence-corrected chi connectivity index (χ1v) is 12.7. The highest BCUT2D eigenvalue weighted by Gasteiger charge is 2.34. The van der Waals surface area contributed by atoms with E-state index in [2.05, 4.69) is 50.2 Å². The van der Waals surface area contributed by atoms with Crippen molar-refractivity contribution in [2.75, 3.05) is 6.61 Å². The van der Waals surface area contributed by atoms with Gasteiger partial charge >= 0.3 is 5.97 Å². The lowest BCUT2D eigenvalue weighted by molar-refractivity contribution is -0.144. The van der Waals surface area contributed by atoms with Crippen molar-refractivity contribution in [1.82, 2.24) is 0 Å². The van der Waals surface area contributed by atoms with Crippen LogP contribution in [0.4, 0.5) is 0 Å².